The summed E-state index contributed by atoms with van der Waals surface area (Å²) in [5.74, 6) is 0.546. The van der Waals surface area contributed by atoms with E-state index in [1.165, 1.54) is 25.8 Å². The lowest BCUT2D eigenvalue weighted by molar-refractivity contribution is 0.0754. The monoisotopic (exact) mass is 226 g/mol. The molecule has 3 N–H and O–H groups in total. The van der Waals surface area contributed by atoms with Gasteiger partial charge in [-0.2, -0.15) is 0 Å². The van der Waals surface area contributed by atoms with Crippen LogP contribution in [-0.2, 0) is 0 Å². The fourth-order valence-corrected chi connectivity index (χ4v) is 3.01. The van der Waals surface area contributed by atoms with Gasteiger partial charge >= 0.3 is 0 Å². The van der Waals surface area contributed by atoms with E-state index >= 15 is 0 Å². The maximum absolute atomic E-state index is 10.1. The molecule has 0 aromatic rings. The van der Waals surface area contributed by atoms with Crippen LogP contribution in [0.1, 0.15) is 44.9 Å². The van der Waals surface area contributed by atoms with Crippen molar-refractivity contribution in [2.24, 2.45) is 5.92 Å². The van der Waals surface area contributed by atoms with Gasteiger partial charge in [0.2, 0.25) is 0 Å². The third-order valence-electron chi connectivity index (χ3n) is 4.15. The topological polar surface area (TPSA) is 44.3 Å². The van der Waals surface area contributed by atoms with Gasteiger partial charge < -0.3 is 15.7 Å². The molecule has 2 fully saturated rings. The van der Waals surface area contributed by atoms with Crippen molar-refractivity contribution in [3.63, 3.8) is 0 Å². The van der Waals surface area contributed by atoms with Gasteiger partial charge in [0.05, 0.1) is 6.10 Å². The van der Waals surface area contributed by atoms with Crippen molar-refractivity contribution in [3.05, 3.63) is 0 Å². The van der Waals surface area contributed by atoms with Crippen molar-refractivity contribution in [1.29, 1.82) is 0 Å². The van der Waals surface area contributed by atoms with Gasteiger partial charge in [0.15, 0.2) is 0 Å². The number of rotatable bonds is 4. The van der Waals surface area contributed by atoms with Crippen LogP contribution in [0.3, 0.4) is 0 Å². The Balaban J connectivity index is 1.63. The van der Waals surface area contributed by atoms with Crippen LogP contribution < -0.4 is 10.6 Å². The van der Waals surface area contributed by atoms with Crippen molar-refractivity contribution < 1.29 is 5.11 Å². The van der Waals surface area contributed by atoms with Crippen LogP contribution in [0.2, 0.25) is 0 Å². The maximum Gasteiger partial charge on any atom is 0.0569 e. The smallest absolute Gasteiger partial charge is 0.0569 e. The van der Waals surface area contributed by atoms with Gasteiger partial charge in [-0.05, 0) is 64.1 Å². The third-order valence-corrected chi connectivity index (χ3v) is 4.15. The average Bonchev–Trinajstić information content (AvgIpc) is 2.38. The first-order valence-corrected chi connectivity index (χ1v) is 6.98. The van der Waals surface area contributed by atoms with Gasteiger partial charge in [-0.25, -0.2) is 0 Å². The molecule has 0 saturated carbocycles. The lowest BCUT2D eigenvalue weighted by Crippen LogP contribution is -2.37. The largest absolute Gasteiger partial charge is 0.393 e. The Hall–Kier alpha value is -0.120. The molecule has 3 heteroatoms. The van der Waals surface area contributed by atoms with Gasteiger partial charge in [0.25, 0.3) is 0 Å². The highest BCUT2D eigenvalue weighted by Gasteiger charge is 2.22. The molecule has 2 heterocycles. The quantitative estimate of drug-likeness (QED) is 0.676. The van der Waals surface area contributed by atoms with E-state index in [1.807, 2.05) is 0 Å². The molecule has 2 rings (SSSR count). The summed E-state index contributed by atoms with van der Waals surface area (Å²) in [4.78, 5) is 0. The zero-order valence-corrected chi connectivity index (χ0v) is 10.3. The second-order valence-electron chi connectivity index (χ2n) is 5.38. The summed E-state index contributed by atoms with van der Waals surface area (Å²) in [5.41, 5.74) is 0. The van der Waals surface area contributed by atoms with E-state index in [-0.39, 0.29) is 6.10 Å². The van der Waals surface area contributed by atoms with Crippen molar-refractivity contribution in [1.82, 2.24) is 10.6 Å². The Morgan fingerprint density at radius 2 is 1.88 bits per heavy atom. The van der Waals surface area contributed by atoms with Crippen molar-refractivity contribution >= 4 is 0 Å². The van der Waals surface area contributed by atoms with Crippen molar-refractivity contribution in [2.75, 3.05) is 19.6 Å². The third kappa shape index (κ3) is 3.72. The Labute approximate surface area is 99.0 Å². The number of hydrogen-bond donors (Lipinski definition) is 3. The van der Waals surface area contributed by atoms with Crippen LogP contribution in [0.25, 0.3) is 0 Å². The molecule has 2 aliphatic heterocycles. The molecule has 0 spiro atoms. The Kier molecular flexibility index (Phi) is 5.07. The second kappa shape index (κ2) is 6.58. The molecule has 0 bridgehead atoms. The number of piperidine rings is 2. The van der Waals surface area contributed by atoms with Gasteiger partial charge in [0.1, 0.15) is 0 Å². The molecule has 2 atom stereocenters. The minimum absolute atomic E-state index is 0.0640. The van der Waals surface area contributed by atoms with Crippen LogP contribution in [0.15, 0.2) is 0 Å². The molecular weight excluding hydrogens is 200 g/mol. The first-order chi connectivity index (χ1) is 7.86. The number of hydrogen-bond acceptors (Lipinski definition) is 3. The molecule has 0 aromatic carbocycles. The van der Waals surface area contributed by atoms with Gasteiger partial charge in [-0.3, -0.25) is 0 Å². The van der Waals surface area contributed by atoms with Gasteiger partial charge in [-0.1, -0.05) is 6.42 Å². The molecule has 16 heavy (non-hydrogen) atoms. The van der Waals surface area contributed by atoms with E-state index < -0.39 is 0 Å². The molecule has 2 unspecified atom stereocenters. The summed E-state index contributed by atoms with van der Waals surface area (Å²) < 4.78 is 0. The molecule has 0 aromatic heterocycles. The number of aliphatic hydroxyl groups excluding tert-OH is 1. The molecule has 3 nitrogen and oxygen atoms in total. The highest BCUT2D eigenvalue weighted by Crippen LogP contribution is 2.21. The maximum atomic E-state index is 10.1. The highest BCUT2D eigenvalue weighted by molar-refractivity contribution is 4.78. The Morgan fingerprint density at radius 3 is 2.56 bits per heavy atom. The predicted molar refractivity (Wildman–Crippen MR) is 66.5 cm³/mol. The van der Waals surface area contributed by atoms with Crippen molar-refractivity contribution in [3.8, 4) is 0 Å². The summed E-state index contributed by atoms with van der Waals surface area (Å²) in [6.45, 7) is 3.35. The molecule has 0 radical (unpaired) electrons. The summed E-state index contributed by atoms with van der Waals surface area (Å²) in [6.07, 6.45) is 8.38. The van der Waals surface area contributed by atoms with Crippen LogP contribution >= 0.6 is 0 Å². The minimum Gasteiger partial charge on any atom is -0.393 e. The zero-order valence-electron chi connectivity index (χ0n) is 10.3. The second-order valence-corrected chi connectivity index (χ2v) is 5.38. The van der Waals surface area contributed by atoms with Gasteiger partial charge in [-0.15, -0.1) is 0 Å². The lowest BCUT2D eigenvalue weighted by Gasteiger charge is -2.29. The number of nitrogens with one attached hydrogen (secondary N) is 2. The van der Waals surface area contributed by atoms with E-state index in [1.54, 1.807) is 0 Å². The molecule has 2 saturated heterocycles. The first-order valence-electron chi connectivity index (χ1n) is 6.98. The van der Waals surface area contributed by atoms with Crippen molar-refractivity contribution in [2.45, 2.75) is 57.1 Å². The Bertz CT molecular complexity index is 186. The van der Waals surface area contributed by atoms with Crippen LogP contribution in [0, 0.1) is 5.92 Å². The minimum atomic E-state index is -0.0640. The molecule has 0 aliphatic carbocycles. The normalized spacial score (nSPS) is 30.2. The summed E-state index contributed by atoms with van der Waals surface area (Å²) in [7, 11) is 0. The van der Waals surface area contributed by atoms with Crippen LogP contribution in [0.5, 0.6) is 0 Å². The molecule has 2 aliphatic rings. The zero-order chi connectivity index (χ0) is 11.2. The predicted octanol–water partition coefficient (Wildman–Crippen LogP) is 1.27. The van der Waals surface area contributed by atoms with E-state index in [0.29, 0.717) is 12.0 Å². The van der Waals surface area contributed by atoms with E-state index in [0.717, 1.165) is 38.8 Å². The molecule has 94 valence electrons. The summed E-state index contributed by atoms with van der Waals surface area (Å²) in [6, 6.07) is 0.671. The fraction of sp³-hybridized carbons (Fsp3) is 1.00. The summed E-state index contributed by atoms with van der Waals surface area (Å²) in [5, 5.41) is 17.1. The van der Waals surface area contributed by atoms with Gasteiger partial charge in [0, 0.05) is 6.04 Å². The van der Waals surface area contributed by atoms with Crippen LogP contribution in [0.4, 0.5) is 0 Å². The molecular formula is C13H26N2O. The summed E-state index contributed by atoms with van der Waals surface area (Å²) >= 11 is 0. The number of aliphatic hydroxyl groups is 1. The fourth-order valence-electron chi connectivity index (χ4n) is 3.01. The van der Waals surface area contributed by atoms with E-state index in [4.69, 9.17) is 0 Å². The average molecular weight is 226 g/mol. The Morgan fingerprint density at radius 1 is 1.06 bits per heavy atom. The highest BCUT2D eigenvalue weighted by atomic mass is 16.3. The molecule has 0 amide bonds. The first kappa shape index (κ1) is 12.3. The van der Waals surface area contributed by atoms with Crippen LogP contribution in [-0.4, -0.2) is 36.9 Å². The lowest BCUT2D eigenvalue weighted by atomic mass is 9.88. The standard InChI is InChI=1S/C13H26N2O/c16-13(11-6-9-14-10-7-11)5-4-12-3-1-2-8-15-12/h11-16H,1-10H2. The van der Waals surface area contributed by atoms with E-state index in [9.17, 15) is 5.11 Å². The van der Waals surface area contributed by atoms with E-state index in [2.05, 4.69) is 10.6 Å². The SMILES string of the molecule is OC(CCC1CCCCN1)C1CCNCC1.